The summed E-state index contributed by atoms with van der Waals surface area (Å²) < 4.78 is 27.6. The van der Waals surface area contributed by atoms with Crippen LogP contribution in [0.5, 0.6) is 11.5 Å². The van der Waals surface area contributed by atoms with Crippen LogP contribution < -0.4 is 9.47 Å². The maximum atomic E-state index is 11.4. The lowest BCUT2D eigenvalue weighted by Crippen LogP contribution is -2.28. The lowest BCUT2D eigenvalue weighted by Gasteiger charge is -2.28. The molecule has 6 heteroatoms. The molecule has 1 aromatic rings. The third-order valence-electron chi connectivity index (χ3n) is 3.89. The minimum Gasteiger partial charge on any atom is -0.462 e. The number of fused-ring (bicyclic) bond motifs is 1. The Labute approximate surface area is 143 Å². The number of ether oxygens (including phenoxy) is 5. The summed E-state index contributed by atoms with van der Waals surface area (Å²) in [5.41, 5.74) is 0.998. The Morgan fingerprint density at radius 3 is 2.46 bits per heavy atom. The van der Waals surface area contributed by atoms with E-state index in [-0.39, 0.29) is 31.1 Å². The van der Waals surface area contributed by atoms with Gasteiger partial charge in [0, 0.05) is 32.5 Å². The molecule has 0 aromatic heterocycles. The highest BCUT2D eigenvalue weighted by Crippen LogP contribution is 2.37. The van der Waals surface area contributed by atoms with E-state index in [4.69, 9.17) is 23.7 Å². The van der Waals surface area contributed by atoms with Crippen LogP contribution in [0.15, 0.2) is 18.2 Å². The molecule has 134 valence electrons. The first-order valence-electron chi connectivity index (χ1n) is 8.35. The lowest BCUT2D eigenvalue weighted by molar-refractivity contribution is -0.156. The second kappa shape index (κ2) is 8.89. The maximum Gasteiger partial charge on any atom is 0.302 e. The number of carbonyl (C=O) groups is 1. The van der Waals surface area contributed by atoms with Crippen LogP contribution in [0.1, 0.15) is 45.6 Å². The topological polar surface area (TPSA) is 63.2 Å². The van der Waals surface area contributed by atoms with Gasteiger partial charge in [-0.1, -0.05) is 6.07 Å². The number of esters is 1. The summed E-state index contributed by atoms with van der Waals surface area (Å²) in [4.78, 5) is 11.4. The van der Waals surface area contributed by atoms with E-state index in [2.05, 4.69) is 0 Å². The van der Waals surface area contributed by atoms with Gasteiger partial charge in [-0.3, -0.25) is 4.79 Å². The summed E-state index contributed by atoms with van der Waals surface area (Å²) in [5, 5.41) is 0. The molecule has 1 aliphatic heterocycles. The van der Waals surface area contributed by atoms with Crippen LogP contribution in [0.4, 0.5) is 0 Å². The van der Waals surface area contributed by atoms with Crippen LogP contribution >= 0.6 is 0 Å². The molecule has 0 radical (unpaired) electrons. The average Bonchev–Trinajstić information content (AvgIpc) is 2.99. The van der Waals surface area contributed by atoms with Crippen LogP contribution in [0.25, 0.3) is 0 Å². The van der Waals surface area contributed by atoms with E-state index in [1.54, 1.807) is 0 Å². The van der Waals surface area contributed by atoms with Gasteiger partial charge in [-0.15, -0.1) is 0 Å². The Hall–Kier alpha value is -1.79. The molecule has 1 heterocycles. The number of hydrogen-bond donors (Lipinski definition) is 0. The molecule has 0 N–H and O–H groups in total. The van der Waals surface area contributed by atoms with Crippen molar-refractivity contribution >= 4 is 5.97 Å². The van der Waals surface area contributed by atoms with Crippen LogP contribution in [-0.4, -0.2) is 38.4 Å². The Balaban J connectivity index is 2.22. The molecule has 0 fully saturated rings. The Kier molecular flexibility index (Phi) is 6.87. The molecule has 0 unspecified atom stereocenters. The molecule has 0 amide bonds. The second-order valence-corrected chi connectivity index (χ2v) is 5.61. The molecule has 1 aliphatic rings. The van der Waals surface area contributed by atoms with E-state index < -0.39 is 0 Å². The fourth-order valence-corrected chi connectivity index (χ4v) is 2.85. The Bertz CT molecular complexity index is 538. The maximum absolute atomic E-state index is 11.4. The fraction of sp³-hybridized carbons (Fsp3) is 0.611. The molecule has 0 spiro atoms. The molecule has 2 rings (SSSR count). The van der Waals surface area contributed by atoms with Gasteiger partial charge < -0.3 is 23.7 Å². The largest absolute Gasteiger partial charge is 0.462 e. The van der Waals surface area contributed by atoms with Gasteiger partial charge in [-0.25, -0.2) is 0 Å². The van der Waals surface area contributed by atoms with E-state index in [0.717, 1.165) is 11.3 Å². The van der Waals surface area contributed by atoms with Crippen LogP contribution in [0.2, 0.25) is 0 Å². The third-order valence-corrected chi connectivity index (χ3v) is 3.89. The van der Waals surface area contributed by atoms with Crippen LogP contribution in [0.3, 0.4) is 0 Å². The summed E-state index contributed by atoms with van der Waals surface area (Å²) in [6.45, 7) is 8.49. The fourth-order valence-electron chi connectivity index (χ4n) is 2.85. The van der Waals surface area contributed by atoms with Gasteiger partial charge in [-0.05, 0) is 38.5 Å². The molecule has 0 saturated carbocycles. The summed E-state index contributed by atoms with van der Waals surface area (Å²) >= 11 is 0. The van der Waals surface area contributed by atoms with Gasteiger partial charge in [0.15, 0.2) is 17.8 Å². The van der Waals surface area contributed by atoms with E-state index in [9.17, 15) is 4.79 Å². The predicted molar refractivity (Wildman–Crippen MR) is 88.2 cm³/mol. The lowest BCUT2D eigenvalue weighted by atomic mass is 9.90. The van der Waals surface area contributed by atoms with Crippen molar-refractivity contribution < 1.29 is 28.5 Å². The summed E-state index contributed by atoms with van der Waals surface area (Å²) in [7, 11) is 0. The Morgan fingerprint density at radius 1 is 1.17 bits per heavy atom. The first-order chi connectivity index (χ1) is 11.5. The molecule has 6 nitrogen and oxygen atoms in total. The summed E-state index contributed by atoms with van der Waals surface area (Å²) in [5.74, 6) is 1.05. The summed E-state index contributed by atoms with van der Waals surface area (Å²) in [6.07, 6.45) is -0.0878. The smallest absolute Gasteiger partial charge is 0.302 e. The monoisotopic (exact) mass is 338 g/mol. The minimum atomic E-state index is -0.353. The van der Waals surface area contributed by atoms with Gasteiger partial charge in [0.1, 0.15) is 6.10 Å². The zero-order chi connectivity index (χ0) is 17.5. The zero-order valence-corrected chi connectivity index (χ0v) is 14.7. The third kappa shape index (κ3) is 4.85. The van der Waals surface area contributed by atoms with Gasteiger partial charge in [0.25, 0.3) is 0 Å². The molecule has 0 saturated heterocycles. The van der Waals surface area contributed by atoms with Crippen molar-refractivity contribution in [1.82, 2.24) is 0 Å². The van der Waals surface area contributed by atoms with Crippen molar-refractivity contribution in [3.8, 4) is 11.5 Å². The van der Waals surface area contributed by atoms with Crippen LogP contribution in [0, 0.1) is 0 Å². The quantitative estimate of drug-likeness (QED) is 0.509. The van der Waals surface area contributed by atoms with E-state index in [0.29, 0.717) is 25.4 Å². The van der Waals surface area contributed by atoms with Crippen LogP contribution in [-0.2, 0) is 19.0 Å². The van der Waals surface area contributed by atoms with E-state index in [1.807, 2.05) is 39.0 Å². The second-order valence-electron chi connectivity index (χ2n) is 5.61. The normalized spacial score (nSPS) is 15.4. The van der Waals surface area contributed by atoms with Crippen molar-refractivity contribution in [2.24, 2.45) is 0 Å². The molecule has 0 bridgehead atoms. The van der Waals surface area contributed by atoms with Gasteiger partial charge >= 0.3 is 5.97 Å². The van der Waals surface area contributed by atoms with E-state index >= 15 is 0 Å². The zero-order valence-electron chi connectivity index (χ0n) is 14.7. The SMILES string of the molecule is CCOC(C[C@@H](c1ccc2c(c1)OCO2)[C@@H](C)OC(C)=O)OCC. The summed E-state index contributed by atoms with van der Waals surface area (Å²) in [6, 6.07) is 5.77. The molecule has 1 aromatic carbocycles. The molecule has 2 atom stereocenters. The van der Waals surface area contributed by atoms with Crippen molar-refractivity contribution in [2.45, 2.75) is 52.4 Å². The number of rotatable bonds is 9. The van der Waals surface area contributed by atoms with Gasteiger partial charge in [0.2, 0.25) is 6.79 Å². The van der Waals surface area contributed by atoms with Crippen molar-refractivity contribution in [2.75, 3.05) is 20.0 Å². The molecule has 0 aliphatic carbocycles. The number of carbonyl (C=O) groups excluding carboxylic acids is 1. The number of benzene rings is 1. The van der Waals surface area contributed by atoms with Gasteiger partial charge in [-0.2, -0.15) is 0 Å². The van der Waals surface area contributed by atoms with Crippen molar-refractivity contribution in [1.29, 1.82) is 0 Å². The molecular weight excluding hydrogens is 312 g/mol. The van der Waals surface area contributed by atoms with Crippen molar-refractivity contribution in [3.05, 3.63) is 23.8 Å². The minimum absolute atomic E-state index is 0.0773. The predicted octanol–water partition coefficient (Wildman–Crippen LogP) is 3.24. The first kappa shape index (κ1) is 18.5. The van der Waals surface area contributed by atoms with Gasteiger partial charge in [0.05, 0.1) is 0 Å². The average molecular weight is 338 g/mol. The highest BCUT2D eigenvalue weighted by atomic mass is 16.7. The van der Waals surface area contributed by atoms with Crippen molar-refractivity contribution in [3.63, 3.8) is 0 Å². The Morgan fingerprint density at radius 2 is 1.83 bits per heavy atom. The highest BCUT2D eigenvalue weighted by Gasteiger charge is 2.28. The molecule has 24 heavy (non-hydrogen) atoms. The van der Waals surface area contributed by atoms with E-state index in [1.165, 1.54) is 6.92 Å². The molecular formula is C18H26O6. The highest BCUT2D eigenvalue weighted by molar-refractivity contribution is 5.66. The standard InChI is InChI=1S/C18H26O6/c1-5-20-18(21-6-2)10-15(12(3)24-13(4)19)14-7-8-16-17(9-14)23-11-22-16/h7-9,12,15,18H,5-6,10-11H2,1-4H3/t12-,15-/m1/s1. The first-order valence-corrected chi connectivity index (χ1v) is 8.35. The number of hydrogen-bond acceptors (Lipinski definition) is 6.